The molecule has 0 aliphatic rings. The molecule has 0 atom stereocenters. The minimum absolute atomic E-state index is 0.0461. The molecule has 7 heteroatoms. The Morgan fingerprint density at radius 2 is 1.78 bits per heavy atom. The lowest BCUT2D eigenvalue weighted by Crippen LogP contribution is -2.36. The number of anilines is 1. The maximum Gasteiger partial charge on any atom is 0.276 e. The predicted molar refractivity (Wildman–Crippen MR) is 95.5 cm³/mol. The van der Waals surface area contributed by atoms with Crippen LogP contribution in [0.2, 0.25) is 0 Å². The SMILES string of the molecule is CN(C)NC(=O)/C(C#N)=C/c1ccc(N(CCCl)CCCl)cc1. The molecule has 124 valence electrons. The number of nitrogens with zero attached hydrogens (tertiary/aromatic N) is 3. The molecule has 0 saturated heterocycles. The summed E-state index contributed by atoms with van der Waals surface area (Å²) in [5, 5.41) is 10.6. The molecule has 0 fully saturated rings. The van der Waals surface area contributed by atoms with Crippen molar-refractivity contribution in [2.24, 2.45) is 0 Å². The summed E-state index contributed by atoms with van der Waals surface area (Å²) >= 11 is 11.6. The highest BCUT2D eigenvalue weighted by Gasteiger charge is 2.10. The first-order chi connectivity index (χ1) is 11.0. The van der Waals surface area contributed by atoms with E-state index in [9.17, 15) is 4.79 Å². The van der Waals surface area contributed by atoms with Crippen molar-refractivity contribution in [1.29, 1.82) is 5.26 Å². The van der Waals surface area contributed by atoms with Crippen molar-refractivity contribution in [3.63, 3.8) is 0 Å². The minimum Gasteiger partial charge on any atom is -0.369 e. The third-order valence-electron chi connectivity index (χ3n) is 2.97. The van der Waals surface area contributed by atoms with Crippen molar-refractivity contribution < 1.29 is 4.79 Å². The highest BCUT2D eigenvalue weighted by molar-refractivity contribution is 6.18. The monoisotopic (exact) mass is 354 g/mol. The van der Waals surface area contributed by atoms with Crippen molar-refractivity contribution in [2.75, 3.05) is 43.8 Å². The van der Waals surface area contributed by atoms with Crippen LogP contribution in [0.1, 0.15) is 5.56 Å². The average molecular weight is 355 g/mol. The Balaban J connectivity index is 2.92. The first kappa shape index (κ1) is 19.3. The molecule has 0 spiro atoms. The summed E-state index contributed by atoms with van der Waals surface area (Å²) in [7, 11) is 3.37. The molecule has 0 bridgehead atoms. The predicted octanol–water partition coefficient (Wildman–Crippen LogP) is 2.47. The molecule has 1 aromatic rings. The lowest BCUT2D eigenvalue weighted by atomic mass is 10.1. The number of benzene rings is 1. The van der Waals surface area contributed by atoms with Crippen molar-refractivity contribution >= 4 is 40.9 Å². The van der Waals surface area contributed by atoms with E-state index in [0.29, 0.717) is 24.8 Å². The van der Waals surface area contributed by atoms with E-state index < -0.39 is 5.91 Å². The van der Waals surface area contributed by atoms with Gasteiger partial charge in [-0.2, -0.15) is 5.26 Å². The van der Waals surface area contributed by atoms with Gasteiger partial charge in [-0.15, -0.1) is 23.2 Å². The quantitative estimate of drug-likeness (QED) is 0.337. The fourth-order valence-corrected chi connectivity index (χ4v) is 2.34. The van der Waals surface area contributed by atoms with Crippen molar-refractivity contribution in [3.05, 3.63) is 35.4 Å². The van der Waals surface area contributed by atoms with E-state index in [1.165, 1.54) is 5.01 Å². The third-order valence-corrected chi connectivity index (χ3v) is 3.31. The van der Waals surface area contributed by atoms with Crippen LogP contribution in [-0.2, 0) is 4.79 Å². The lowest BCUT2D eigenvalue weighted by Gasteiger charge is -2.22. The van der Waals surface area contributed by atoms with Gasteiger partial charge in [-0.25, -0.2) is 5.01 Å². The van der Waals surface area contributed by atoms with Crippen LogP contribution in [0.4, 0.5) is 5.69 Å². The van der Waals surface area contributed by atoms with E-state index in [1.807, 2.05) is 30.3 Å². The molecule has 1 aromatic carbocycles. The van der Waals surface area contributed by atoms with Crippen molar-refractivity contribution in [3.8, 4) is 6.07 Å². The summed E-state index contributed by atoms with van der Waals surface area (Å²) in [6.07, 6.45) is 1.55. The fraction of sp³-hybridized carbons (Fsp3) is 0.375. The number of nitrogens with one attached hydrogen (secondary N) is 1. The Bertz CT molecular complexity index is 573. The molecule has 1 amide bonds. The number of hydrogen-bond donors (Lipinski definition) is 1. The van der Waals surface area contributed by atoms with Gasteiger partial charge in [-0.3, -0.25) is 10.2 Å². The molecule has 0 unspecified atom stereocenters. The van der Waals surface area contributed by atoms with Crippen LogP contribution in [0.25, 0.3) is 6.08 Å². The smallest absolute Gasteiger partial charge is 0.276 e. The largest absolute Gasteiger partial charge is 0.369 e. The normalized spacial score (nSPS) is 11.2. The van der Waals surface area contributed by atoms with Gasteiger partial charge in [-0.1, -0.05) is 12.1 Å². The minimum atomic E-state index is -0.438. The number of alkyl halides is 2. The third kappa shape index (κ3) is 6.49. The van der Waals surface area contributed by atoms with Crippen LogP contribution < -0.4 is 10.3 Å². The summed E-state index contributed by atoms with van der Waals surface area (Å²) in [4.78, 5) is 13.9. The van der Waals surface area contributed by atoms with E-state index >= 15 is 0 Å². The van der Waals surface area contributed by atoms with E-state index in [4.69, 9.17) is 28.5 Å². The van der Waals surface area contributed by atoms with Crippen LogP contribution in [0.3, 0.4) is 0 Å². The van der Waals surface area contributed by atoms with E-state index in [1.54, 1.807) is 20.2 Å². The summed E-state index contributed by atoms with van der Waals surface area (Å²) in [5.74, 6) is 0.594. The van der Waals surface area contributed by atoms with Gasteiger partial charge in [0.15, 0.2) is 0 Å². The number of hydrazine groups is 1. The van der Waals surface area contributed by atoms with Crippen LogP contribution >= 0.6 is 23.2 Å². The molecular formula is C16H20Cl2N4O. The Hall–Kier alpha value is -1.74. The highest BCUT2D eigenvalue weighted by atomic mass is 35.5. The number of amides is 1. The first-order valence-corrected chi connectivity index (χ1v) is 8.15. The number of hydrogen-bond acceptors (Lipinski definition) is 4. The Kier molecular flexibility index (Phi) is 8.49. The van der Waals surface area contributed by atoms with Crippen LogP contribution in [0, 0.1) is 11.3 Å². The van der Waals surface area contributed by atoms with Gasteiger partial charge in [0.1, 0.15) is 11.6 Å². The molecule has 1 rings (SSSR count). The second-order valence-corrected chi connectivity index (χ2v) is 5.72. The van der Waals surface area contributed by atoms with Gasteiger partial charge in [-0.05, 0) is 23.8 Å². The molecule has 1 N–H and O–H groups in total. The van der Waals surface area contributed by atoms with Crippen LogP contribution in [0.5, 0.6) is 0 Å². The molecule has 0 saturated carbocycles. The molecular weight excluding hydrogens is 335 g/mol. The number of halogens is 2. The Labute approximate surface area is 147 Å². The number of carbonyl (C=O) groups excluding carboxylic acids is 1. The number of carbonyl (C=O) groups is 1. The molecule has 0 aliphatic heterocycles. The van der Waals surface area contributed by atoms with Gasteiger partial charge in [0.2, 0.25) is 0 Å². The van der Waals surface area contributed by atoms with E-state index in [-0.39, 0.29) is 5.57 Å². The molecule has 0 aliphatic carbocycles. The molecule has 23 heavy (non-hydrogen) atoms. The second kappa shape index (κ2) is 10.1. The fourth-order valence-electron chi connectivity index (χ4n) is 1.93. The number of nitriles is 1. The molecule has 0 radical (unpaired) electrons. The van der Waals surface area contributed by atoms with Crippen molar-refractivity contribution in [2.45, 2.75) is 0 Å². The summed E-state index contributed by atoms with van der Waals surface area (Å²) in [6.45, 7) is 1.41. The topological polar surface area (TPSA) is 59.4 Å². The van der Waals surface area contributed by atoms with Crippen LogP contribution in [-0.4, -0.2) is 49.9 Å². The average Bonchev–Trinajstić information content (AvgIpc) is 2.52. The Morgan fingerprint density at radius 1 is 1.22 bits per heavy atom. The van der Waals surface area contributed by atoms with Crippen LogP contribution in [0.15, 0.2) is 29.8 Å². The maximum atomic E-state index is 11.9. The molecule has 5 nitrogen and oxygen atoms in total. The Morgan fingerprint density at radius 3 is 2.22 bits per heavy atom. The number of rotatable bonds is 8. The zero-order valence-electron chi connectivity index (χ0n) is 13.2. The van der Waals surface area contributed by atoms with E-state index in [2.05, 4.69) is 10.3 Å². The maximum absolute atomic E-state index is 11.9. The lowest BCUT2D eigenvalue weighted by molar-refractivity contribution is -0.120. The first-order valence-electron chi connectivity index (χ1n) is 7.09. The summed E-state index contributed by atoms with van der Waals surface area (Å²) < 4.78 is 0. The van der Waals surface area contributed by atoms with Gasteiger partial charge >= 0.3 is 0 Å². The molecule has 0 aromatic heterocycles. The van der Waals surface area contributed by atoms with Crippen molar-refractivity contribution in [1.82, 2.24) is 10.4 Å². The standard InChI is InChI=1S/C16H20Cl2N4O/c1-21(2)20-16(23)14(12-19)11-13-3-5-15(6-4-13)22(9-7-17)10-8-18/h3-6,11H,7-10H2,1-2H3,(H,20,23)/b14-11+. The molecule has 0 heterocycles. The van der Waals surface area contributed by atoms with Gasteiger partial charge < -0.3 is 4.90 Å². The van der Waals surface area contributed by atoms with E-state index in [0.717, 1.165) is 11.3 Å². The van der Waals surface area contributed by atoms with Gasteiger partial charge in [0, 0.05) is 44.6 Å². The summed E-state index contributed by atoms with van der Waals surface area (Å²) in [6, 6.07) is 9.46. The zero-order chi connectivity index (χ0) is 17.2. The second-order valence-electron chi connectivity index (χ2n) is 4.96. The highest BCUT2D eigenvalue weighted by Crippen LogP contribution is 2.17. The van der Waals surface area contributed by atoms with Gasteiger partial charge in [0.25, 0.3) is 5.91 Å². The van der Waals surface area contributed by atoms with Gasteiger partial charge in [0.05, 0.1) is 0 Å². The zero-order valence-corrected chi connectivity index (χ0v) is 14.7. The summed E-state index contributed by atoms with van der Waals surface area (Å²) in [5.41, 5.74) is 4.36.